The maximum absolute atomic E-state index is 11.4. The molecular formula is C13H15NO3. The molecule has 0 aliphatic heterocycles. The van der Waals surface area contributed by atoms with Gasteiger partial charge in [0, 0.05) is 17.8 Å². The summed E-state index contributed by atoms with van der Waals surface area (Å²) in [5, 5.41) is 2.62. The van der Waals surface area contributed by atoms with Gasteiger partial charge in [0.25, 0.3) is 0 Å². The summed E-state index contributed by atoms with van der Waals surface area (Å²) in [5.74, 6) is -0.889. The average Bonchev–Trinajstić information content (AvgIpc) is 2.27. The third-order valence-corrected chi connectivity index (χ3v) is 1.76. The highest BCUT2D eigenvalue weighted by Crippen LogP contribution is 2.04. The molecule has 0 aliphatic rings. The van der Waals surface area contributed by atoms with Gasteiger partial charge in [-0.15, -0.1) is 0 Å². The number of benzene rings is 1. The number of rotatable bonds is 4. The molecule has 0 radical (unpaired) electrons. The van der Waals surface area contributed by atoms with Gasteiger partial charge in [-0.1, -0.05) is 18.2 Å². The van der Waals surface area contributed by atoms with Crippen molar-refractivity contribution in [2.45, 2.75) is 20.0 Å². The van der Waals surface area contributed by atoms with Crippen molar-refractivity contribution in [1.82, 2.24) is 0 Å². The van der Waals surface area contributed by atoms with E-state index in [1.54, 1.807) is 26.0 Å². The minimum atomic E-state index is -0.525. The molecule has 4 heteroatoms. The van der Waals surface area contributed by atoms with Gasteiger partial charge in [0.1, 0.15) is 0 Å². The molecule has 1 aromatic carbocycles. The summed E-state index contributed by atoms with van der Waals surface area (Å²) >= 11 is 0. The summed E-state index contributed by atoms with van der Waals surface area (Å²) in [5.41, 5.74) is 0.680. The lowest BCUT2D eigenvalue weighted by Gasteiger charge is -2.04. The highest BCUT2D eigenvalue weighted by molar-refractivity contribution is 6.02. The Balaban J connectivity index is 2.45. The monoisotopic (exact) mass is 233 g/mol. The van der Waals surface area contributed by atoms with E-state index < -0.39 is 5.97 Å². The number of hydrogen-bond donors (Lipinski definition) is 1. The predicted molar refractivity (Wildman–Crippen MR) is 65.4 cm³/mol. The van der Waals surface area contributed by atoms with Crippen LogP contribution in [0.2, 0.25) is 0 Å². The molecule has 0 fully saturated rings. The molecule has 1 N–H and O–H groups in total. The fraction of sp³-hybridized carbons (Fsp3) is 0.231. The van der Waals surface area contributed by atoms with Crippen LogP contribution in [0.4, 0.5) is 5.69 Å². The Kier molecular flexibility index (Phi) is 4.94. The second-order valence-electron chi connectivity index (χ2n) is 3.67. The van der Waals surface area contributed by atoms with Gasteiger partial charge in [0.05, 0.1) is 6.10 Å². The molecule has 0 unspecified atom stereocenters. The van der Waals surface area contributed by atoms with Crippen LogP contribution < -0.4 is 5.32 Å². The molecule has 0 atom stereocenters. The van der Waals surface area contributed by atoms with Crippen molar-refractivity contribution in [3.05, 3.63) is 42.5 Å². The van der Waals surface area contributed by atoms with Crippen molar-refractivity contribution in [3.63, 3.8) is 0 Å². The maximum Gasteiger partial charge on any atom is 0.331 e. The molecule has 1 amide bonds. The second-order valence-corrected chi connectivity index (χ2v) is 3.67. The van der Waals surface area contributed by atoms with Crippen LogP contribution in [0.25, 0.3) is 0 Å². The number of carbonyl (C=O) groups is 2. The van der Waals surface area contributed by atoms with Crippen molar-refractivity contribution in [1.29, 1.82) is 0 Å². The molecule has 0 saturated heterocycles. The van der Waals surface area contributed by atoms with Gasteiger partial charge in [-0.05, 0) is 26.0 Å². The fourth-order valence-electron chi connectivity index (χ4n) is 1.12. The van der Waals surface area contributed by atoms with E-state index in [1.807, 2.05) is 18.2 Å². The quantitative estimate of drug-likeness (QED) is 0.640. The number of esters is 1. The first-order valence-electron chi connectivity index (χ1n) is 5.32. The van der Waals surface area contributed by atoms with E-state index in [0.29, 0.717) is 5.69 Å². The summed E-state index contributed by atoms with van der Waals surface area (Å²) in [6, 6.07) is 9.00. The molecule has 0 aliphatic carbocycles. The SMILES string of the molecule is CC(C)OC(=O)/C=C\C(=O)Nc1ccccc1. The van der Waals surface area contributed by atoms with Gasteiger partial charge >= 0.3 is 5.97 Å². The predicted octanol–water partition coefficient (Wildman–Crippen LogP) is 2.13. The zero-order chi connectivity index (χ0) is 12.7. The Morgan fingerprint density at radius 2 is 1.82 bits per heavy atom. The van der Waals surface area contributed by atoms with E-state index in [2.05, 4.69) is 5.32 Å². The summed E-state index contributed by atoms with van der Waals surface area (Å²) in [6.07, 6.45) is 2.07. The normalized spacial score (nSPS) is 10.5. The van der Waals surface area contributed by atoms with Gasteiger partial charge in [-0.25, -0.2) is 4.79 Å². The third kappa shape index (κ3) is 5.51. The second kappa shape index (κ2) is 6.48. The molecule has 17 heavy (non-hydrogen) atoms. The average molecular weight is 233 g/mol. The Bertz CT molecular complexity index is 410. The van der Waals surface area contributed by atoms with Gasteiger partial charge < -0.3 is 10.1 Å². The van der Waals surface area contributed by atoms with E-state index in [1.165, 1.54) is 0 Å². The fourth-order valence-corrected chi connectivity index (χ4v) is 1.12. The largest absolute Gasteiger partial charge is 0.460 e. The molecule has 0 saturated carbocycles. The van der Waals surface area contributed by atoms with Gasteiger partial charge in [0.15, 0.2) is 0 Å². The smallest absolute Gasteiger partial charge is 0.331 e. The molecule has 1 rings (SSSR count). The van der Waals surface area contributed by atoms with E-state index in [0.717, 1.165) is 12.2 Å². The van der Waals surface area contributed by atoms with E-state index in [4.69, 9.17) is 4.74 Å². The van der Waals surface area contributed by atoms with Crippen LogP contribution in [0.3, 0.4) is 0 Å². The zero-order valence-corrected chi connectivity index (χ0v) is 9.84. The van der Waals surface area contributed by atoms with Crippen LogP contribution in [0, 0.1) is 0 Å². The first-order chi connectivity index (χ1) is 8.08. The maximum atomic E-state index is 11.4. The van der Waals surface area contributed by atoms with E-state index >= 15 is 0 Å². The van der Waals surface area contributed by atoms with Crippen LogP contribution in [-0.4, -0.2) is 18.0 Å². The van der Waals surface area contributed by atoms with Gasteiger partial charge in [0.2, 0.25) is 5.91 Å². The summed E-state index contributed by atoms with van der Waals surface area (Å²) < 4.78 is 4.85. The number of amides is 1. The summed E-state index contributed by atoms with van der Waals surface area (Å²) in [7, 11) is 0. The van der Waals surface area contributed by atoms with Crippen LogP contribution in [0.5, 0.6) is 0 Å². The first kappa shape index (κ1) is 13.0. The number of nitrogens with one attached hydrogen (secondary N) is 1. The molecule has 0 spiro atoms. The Morgan fingerprint density at radius 3 is 2.41 bits per heavy atom. The third-order valence-electron chi connectivity index (χ3n) is 1.76. The topological polar surface area (TPSA) is 55.4 Å². The lowest BCUT2D eigenvalue weighted by atomic mass is 10.3. The van der Waals surface area contributed by atoms with E-state index in [9.17, 15) is 9.59 Å². The summed E-state index contributed by atoms with van der Waals surface area (Å²) in [6.45, 7) is 3.49. The van der Waals surface area contributed by atoms with Crippen LogP contribution in [0.15, 0.2) is 42.5 Å². The Labute approximate surface area is 100 Å². The van der Waals surface area contributed by atoms with E-state index in [-0.39, 0.29) is 12.0 Å². The number of anilines is 1. The van der Waals surface area contributed by atoms with Crippen LogP contribution >= 0.6 is 0 Å². The number of ether oxygens (including phenoxy) is 1. The highest BCUT2D eigenvalue weighted by Gasteiger charge is 2.02. The molecular weight excluding hydrogens is 218 g/mol. The van der Waals surface area contributed by atoms with Crippen LogP contribution in [0.1, 0.15) is 13.8 Å². The Morgan fingerprint density at radius 1 is 1.18 bits per heavy atom. The lowest BCUT2D eigenvalue weighted by molar-refractivity contribution is -0.141. The molecule has 0 bridgehead atoms. The number of para-hydroxylation sites is 1. The van der Waals surface area contributed by atoms with Crippen molar-refractivity contribution in [2.24, 2.45) is 0 Å². The minimum absolute atomic E-state index is 0.190. The minimum Gasteiger partial charge on any atom is -0.460 e. The van der Waals surface area contributed by atoms with Crippen LogP contribution in [-0.2, 0) is 14.3 Å². The Hall–Kier alpha value is -2.10. The first-order valence-corrected chi connectivity index (χ1v) is 5.32. The van der Waals surface area contributed by atoms with Crippen molar-refractivity contribution in [2.75, 3.05) is 5.32 Å². The summed E-state index contributed by atoms with van der Waals surface area (Å²) in [4.78, 5) is 22.5. The molecule has 1 aromatic rings. The molecule has 0 heterocycles. The lowest BCUT2D eigenvalue weighted by Crippen LogP contribution is -2.11. The van der Waals surface area contributed by atoms with Gasteiger partial charge in [-0.2, -0.15) is 0 Å². The standard InChI is InChI=1S/C13H15NO3/c1-10(2)17-13(16)9-8-12(15)14-11-6-4-3-5-7-11/h3-10H,1-2H3,(H,14,15)/b9-8-. The van der Waals surface area contributed by atoms with Crippen molar-refractivity contribution < 1.29 is 14.3 Å². The highest BCUT2D eigenvalue weighted by atomic mass is 16.5. The molecule has 90 valence electrons. The van der Waals surface area contributed by atoms with Gasteiger partial charge in [-0.3, -0.25) is 4.79 Å². The van der Waals surface area contributed by atoms with Crippen molar-refractivity contribution >= 4 is 17.6 Å². The molecule has 0 aromatic heterocycles. The van der Waals surface area contributed by atoms with Crippen molar-refractivity contribution in [3.8, 4) is 0 Å². The molecule has 4 nitrogen and oxygen atoms in total. The number of carbonyl (C=O) groups excluding carboxylic acids is 2. The zero-order valence-electron chi connectivity index (χ0n) is 9.84. The number of hydrogen-bond acceptors (Lipinski definition) is 3.